The summed E-state index contributed by atoms with van der Waals surface area (Å²) < 4.78 is 5.39. The minimum atomic E-state index is -0.381. The average molecular weight is 324 g/mol. The number of piperidine rings is 1. The van der Waals surface area contributed by atoms with E-state index in [1.807, 2.05) is 31.2 Å². The molecule has 0 atom stereocenters. The molecule has 0 amide bonds. The third-order valence-corrected chi connectivity index (χ3v) is 4.77. The van der Waals surface area contributed by atoms with Crippen molar-refractivity contribution in [2.24, 2.45) is 5.41 Å². The van der Waals surface area contributed by atoms with Gasteiger partial charge in [-0.1, -0.05) is 30.7 Å². The maximum Gasteiger partial charge on any atom is 0.312 e. The van der Waals surface area contributed by atoms with E-state index in [0.29, 0.717) is 6.61 Å². The van der Waals surface area contributed by atoms with Crippen molar-refractivity contribution in [3.63, 3.8) is 0 Å². The highest BCUT2D eigenvalue weighted by molar-refractivity contribution is 6.30. The van der Waals surface area contributed by atoms with Crippen molar-refractivity contribution in [1.82, 2.24) is 4.90 Å². The number of halogens is 1. The lowest BCUT2D eigenvalue weighted by molar-refractivity contribution is -0.158. The number of ether oxygens (including phenoxy) is 1. The zero-order valence-corrected chi connectivity index (χ0v) is 14.4. The zero-order valence-electron chi connectivity index (χ0n) is 13.6. The predicted octanol–water partition coefficient (Wildman–Crippen LogP) is 3.94. The Kier molecular flexibility index (Phi) is 6.27. The van der Waals surface area contributed by atoms with Gasteiger partial charge in [0.1, 0.15) is 0 Å². The van der Waals surface area contributed by atoms with Gasteiger partial charge in [0, 0.05) is 5.02 Å². The zero-order chi connectivity index (χ0) is 16.0. The molecule has 3 nitrogen and oxygen atoms in total. The molecule has 0 radical (unpaired) electrons. The molecule has 1 heterocycles. The van der Waals surface area contributed by atoms with Crippen molar-refractivity contribution < 1.29 is 9.53 Å². The molecule has 0 saturated carbocycles. The average Bonchev–Trinajstić information content (AvgIpc) is 2.52. The number of esters is 1. The molecule has 0 N–H and O–H groups in total. The topological polar surface area (TPSA) is 29.5 Å². The molecule has 1 aliphatic rings. The van der Waals surface area contributed by atoms with Crippen molar-refractivity contribution in [3.8, 4) is 0 Å². The van der Waals surface area contributed by atoms with E-state index >= 15 is 0 Å². The summed E-state index contributed by atoms with van der Waals surface area (Å²) in [4.78, 5) is 15.0. The summed E-state index contributed by atoms with van der Waals surface area (Å²) in [6.45, 7) is 7.57. The van der Waals surface area contributed by atoms with Crippen LogP contribution in [0.1, 0.15) is 38.7 Å². The first kappa shape index (κ1) is 17.3. The first-order chi connectivity index (χ1) is 10.6. The first-order valence-corrected chi connectivity index (χ1v) is 8.61. The minimum Gasteiger partial charge on any atom is -0.466 e. The number of likely N-dealkylation sites (tertiary alicyclic amines) is 1. The fourth-order valence-electron chi connectivity index (χ4n) is 3.25. The predicted molar refractivity (Wildman–Crippen MR) is 90.2 cm³/mol. The molecular formula is C18H26ClNO2. The van der Waals surface area contributed by atoms with Gasteiger partial charge in [-0.2, -0.15) is 0 Å². The van der Waals surface area contributed by atoms with Crippen molar-refractivity contribution in [2.45, 2.75) is 39.5 Å². The van der Waals surface area contributed by atoms with Crippen LogP contribution in [0.2, 0.25) is 5.02 Å². The van der Waals surface area contributed by atoms with Crippen LogP contribution in [0.3, 0.4) is 0 Å². The molecule has 1 aliphatic heterocycles. The Morgan fingerprint density at radius 1 is 1.23 bits per heavy atom. The number of benzene rings is 1. The van der Waals surface area contributed by atoms with E-state index in [4.69, 9.17) is 16.3 Å². The van der Waals surface area contributed by atoms with Gasteiger partial charge in [0.2, 0.25) is 0 Å². The molecule has 22 heavy (non-hydrogen) atoms. The van der Waals surface area contributed by atoms with Gasteiger partial charge in [-0.05, 0) is 69.9 Å². The molecule has 1 saturated heterocycles. The third kappa shape index (κ3) is 4.23. The van der Waals surface area contributed by atoms with Gasteiger partial charge in [-0.15, -0.1) is 0 Å². The highest BCUT2D eigenvalue weighted by Gasteiger charge is 2.42. The number of carbonyl (C=O) groups excluding carboxylic acids is 1. The fraction of sp³-hybridized carbons (Fsp3) is 0.611. The van der Waals surface area contributed by atoms with E-state index in [9.17, 15) is 4.79 Å². The highest BCUT2D eigenvalue weighted by Crippen LogP contribution is 2.37. The van der Waals surface area contributed by atoms with Crippen molar-refractivity contribution in [3.05, 3.63) is 34.9 Å². The van der Waals surface area contributed by atoms with Crippen LogP contribution < -0.4 is 0 Å². The summed E-state index contributed by atoms with van der Waals surface area (Å²) in [5.74, 6) is -0.0406. The fourth-order valence-corrected chi connectivity index (χ4v) is 3.38. The Bertz CT molecular complexity index is 478. The Morgan fingerprint density at radius 3 is 2.41 bits per heavy atom. The second-order valence-corrected chi connectivity index (χ2v) is 6.58. The van der Waals surface area contributed by atoms with Crippen molar-refractivity contribution in [1.29, 1.82) is 0 Å². The molecule has 4 heteroatoms. The second kappa shape index (κ2) is 7.98. The van der Waals surface area contributed by atoms with E-state index in [-0.39, 0.29) is 11.4 Å². The van der Waals surface area contributed by atoms with Crippen molar-refractivity contribution >= 4 is 17.6 Å². The van der Waals surface area contributed by atoms with Gasteiger partial charge in [-0.3, -0.25) is 4.79 Å². The lowest BCUT2D eigenvalue weighted by Crippen LogP contribution is -2.46. The van der Waals surface area contributed by atoms with E-state index in [1.54, 1.807) is 0 Å². The SMILES string of the molecule is CCCN1CCC(Cc2ccc(Cl)cc2)(C(=O)OCC)CC1. The van der Waals surface area contributed by atoms with Gasteiger partial charge in [-0.25, -0.2) is 0 Å². The largest absolute Gasteiger partial charge is 0.466 e. The van der Waals surface area contributed by atoms with Crippen LogP contribution in [0.25, 0.3) is 0 Å². The van der Waals surface area contributed by atoms with E-state index < -0.39 is 0 Å². The van der Waals surface area contributed by atoms with Crippen LogP contribution in [-0.2, 0) is 16.0 Å². The van der Waals surface area contributed by atoms with Crippen LogP contribution in [0.5, 0.6) is 0 Å². The first-order valence-electron chi connectivity index (χ1n) is 8.23. The lowest BCUT2D eigenvalue weighted by atomic mass is 9.73. The molecule has 0 aliphatic carbocycles. The number of hydrogen-bond acceptors (Lipinski definition) is 3. The van der Waals surface area contributed by atoms with Crippen LogP contribution in [0, 0.1) is 5.41 Å². The summed E-state index contributed by atoms with van der Waals surface area (Å²) in [7, 11) is 0. The van der Waals surface area contributed by atoms with Gasteiger partial charge >= 0.3 is 5.97 Å². The van der Waals surface area contributed by atoms with E-state index in [1.165, 1.54) is 0 Å². The van der Waals surface area contributed by atoms with Crippen LogP contribution in [0.15, 0.2) is 24.3 Å². The molecule has 1 fully saturated rings. The molecule has 2 rings (SSSR count). The molecule has 1 aromatic rings. The molecule has 1 aromatic carbocycles. The smallest absolute Gasteiger partial charge is 0.312 e. The Hall–Kier alpha value is -1.06. The number of rotatable bonds is 6. The lowest BCUT2D eigenvalue weighted by Gasteiger charge is -2.40. The molecule has 0 spiro atoms. The van der Waals surface area contributed by atoms with Crippen LogP contribution >= 0.6 is 11.6 Å². The monoisotopic (exact) mass is 323 g/mol. The number of carbonyl (C=O) groups is 1. The quantitative estimate of drug-likeness (QED) is 0.743. The summed E-state index contributed by atoms with van der Waals surface area (Å²) >= 11 is 5.96. The Labute approximate surface area is 138 Å². The summed E-state index contributed by atoms with van der Waals surface area (Å²) in [5.41, 5.74) is 0.773. The molecular weight excluding hydrogens is 298 g/mol. The maximum atomic E-state index is 12.6. The van der Waals surface area contributed by atoms with Crippen LogP contribution in [-0.4, -0.2) is 37.1 Å². The van der Waals surface area contributed by atoms with E-state index in [2.05, 4.69) is 11.8 Å². The highest BCUT2D eigenvalue weighted by atomic mass is 35.5. The van der Waals surface area contributed by atoms with Gasteiger partial charge in [0.05, 0.1) is 12.0 Å². The number of hydrogen-bond donors (Lipinski definition) is 0. The molecule has 0 unspecified atom stereocenters. The van der Waals surface area contributed by atoms with Gasteiger partial charge < -0.3 is 9.64 Å². The Morgan fingerprint density at radius 2 is 1.86 bits per heavy atom. The molecule has 0 bridgehead atoms. The number of nitrogens with zero attached hydrogens (tertiary/aromatic N) is 1. The van der Waals surface area contributed by atoms with Gasteiger partial charge in [0.25, 0.3) is 0 Å². The molecule has 0 aromatic heterocycles. The summed E-state index contributed by atoms with van der Waals surface area (Å²) in [6.07, 6.45) is 3.63. The van der Waals surface area contributed by atoms with Gasteiger partial charge in [0.15, 0.2) is 0 Å². The summed E-state index contributed by atoms with van der Waals surface area (Å²) in [5, 5.41) is 0.728. The van der Waals surface area contributed by atoms with Crippen molar-refractivity contribution in [2.75, 3.05) is 26.2 Å². The summed E-state index contributed by atoms with van der Waals surface area (Å²) in [6, 6.07) is 7.81. The minimum absolute atomic E-state index is 0.0406. The van der Waals surface area contributed by atoms with Crippen LogP contribution in [0.4, 0.5) is 0 Å². The Balaban J connectivity index is 2.12. The normalized spacial score (nSPS) is 18.1. The maximum absolute atomic E-state index is 12.6. The van der Waals surface area contributed by atoms with E-state index in [0.717, 1.165) is 55.9 Å². The second-order valence-electron chi connectivity index (χ2n) is 6.15. The third-order valence-electron chi connectivity index (χ3n) is 4.52. The standard InChI is InChI=1S/C18H26ClNO2/c1-3-11-20-12-9-18(10-13-20,17(21)22-4-2)14-15-5-7-16(19)8-6-15/h5-8H,3-4,9-14H2,1-2H3. The molecule has 122 valence electrons.